The Bertz CT molecular complexity index is 742. The Balaban J connectivity index is 1.65. The van der Waals surface area contributed by atoms with E-state index < -0.39 is 11.1 Å². The Morgan fingerprint density at radius 1 is 0.789 bits per heavy atom. The Kier molecular flexibility index (Phi) is 11.7. The standard InChI is InChI=1S/C31H58N2O5/c1-10-16-23(27(35)38-24-19-28(2,3)32-29(4,5)20-24)17-14-12-11-13-15-18-26(34)37-25-21-30(6,7)33(36)31(8,9)22-25/h23-25,32,36H,10-22H2,1-9H3. The van der Waals surface area contributed by atoms with E-state index in [2.05, 4.69) is 39.9 Å². The van der Waals surface area contributed by atoms with E-state index in [-0.39, 0.29) is 41.1 Å². The predicted molar refractivity (Wildman–Crippen MR) is 152 cm³/mol. The number of hydrogen-bond acceptors (Lipinski definition) is 7. The van der Waals surface area contributed by atoms with Crippen molar-refractivity contribution in [2.24, 2.45) is 5.92 Å². The van der Waals surface area contributed by atoms with Gasteiger partial charge in [-0.1, -0.05) is 39.0 Å². The zero-order chi connectivity index (χ0) is 28.8. The molecule has 2 rings (SSSR count). The zero-order valence-electron chi connectivity index (χ0n) is 26.0. The highest BCUT2D eigenvalue weighted by Crippen LogP contribution is 2.38. The molecule has 2 saturated heterocycles. The van der Waals surface area contributed by atoms with Gasteiger partial charge in [-0.2, -0.15) is 5.06 Å². The number of unbranched alkanes of at least 4 members (excludes halogenated alkanes) is 4. The maximum Gasteiger partial charge on any atom is 0.309 e. The van der Waals surface area contributed by atoms with E-state index in [1.807, 2.05) is 27.7 Å². The number of ether oxygens (including phenoxy) is 2. The quantitative estimate of drug-likeness (QED) is 0.194. The predicted octanol–water partition coefficient (Wildman–Crippen LogP) is 6.94. The highest BCUT2D eigenvalue weighted by atomic mass is 16.6. The first-order chi connectivity index (χ1) is 17.5. The third-order valence-corrected chi connectivity index (χ3v) is 8.24. The molecule has 2 aliphatic rings. The maximum atomic E-state index is 13.0. The van der Waals surface area contributed by atoms with Gasteiger partial charge in [0.1, 0.15) is 12.2 Å². The van der Waals surface area contributed by atoms with Crippen molar-refractivity contribution in [2.75, 3.05) is 0 Å². The van der Waals surface area contributed by atoms with Crippen LogP contribution in [0.2, 0.25) is 0 Å². The lowest BCUT2D eigenvalue weighted by atomic mass is 9.80. The molecular weight excluding hydrogens is 480 g/mol. The van der Waals surface area contributed by atoms with Gasteiger partial charge in [0.15, 0.2) is 0 Å². The van der Waals surface area contributed by atoms with Gasteiger partial charge >= 0.3 is 11.9 Å². The van der Waals surface area contributed by atoms with Crippen LogP contribution in [-0.2, 0) is 19.1 Å². The minimum absolute atomic E-state index is 0.0186. The summed E-state index contributed by atoms with van der Waals surface area (Å²) < 4.78 is 11.8. The number of carbonyl (C=O) groups is 2. The van der Waals surface area contributed by atoms with Gasteiger partial charge < -0.3 is 20.0 Å². The fourth-order valence-electron chi connectivity index (χ4n) is 7.00. The molecule has 0 bridgehead atoms. The second-order valence-electron chi connectivity index (χ2n) is 14.6. The number of piperidine rings is 2. The van der Waals surface area contributed by atoms with E-state index in [9.17, 15) is 14.8 Å². The fourth-order valence-corrected chi connectivity index (χ4v) is 7.00. The van der Waals surface area contributed by atoms with Gasteiger partial charge in [0.2, 0.25) is 0 Å². The van der Waals surface area contributed by atoms with E-state index in [4.69, 9.17) is 9.47 Å². The van der Waals surface area contributed by atoms with Crippen LogP contribution in [0.15, 0.2) is 0 Å². The van der Waals surface area contributed by atoms with Crippen molar-refractivity contribution < 1.29 is 24.3 Å². The first-order valence-corrected chi connectivity index (χ1v) is 15.1. The number of nitrogens with zero attached hydrogens (tertiary/aromatic N) is 1. The van der Waals surface area contributed by atoms with Crippen LogP contribution in [-0.4, -0.2) is 56.6 Å². The van der Waals surface area contributed by atoms with Gasteiger partial charge in [-0.25, -0.2) is 0 Å². The first-order valence-electron chi connectivity index (χ1n) is 15.1. The van der Waals surface area contributed by atoms with Crippen molar-refractivity contribution >= 4 is 11.9 Å². The topological polar surface area (TPSA) is 88.1 Å². The van der Waals surface area contributed by atoms with Crippen molar-refractivity contribution in [3.05, 3.63) is 0 Å². The van der Waals surface area contributed by atoms with E-state index in [1.165, 1.54) is 5.06 Å². The Morgan fingerprint density at radius 3 is 1.84 bits per heavy atom. The molecule has 0 spiro atoms. The van der Waals surface area contributed by atoms with Crippen molar-refractivity contribution in [1.82, 2.24) is 10.4 Å². The molecule has 2 heterocycles. The zero-order valence-corrected chi connectivity index (χ0v) is 26.0. The van der Waals surface area contributed by atoms with Gasteiger partial charge in [-0.05, 0) is 74.7 Å². The summed E-state index contributed by atoms with van der Waals surface area (Å²) in [6.45, 7) is 18.8. The second-order valence-corrected chi connectivity index (χ2v) is 14.6. The molecule has 2 aliphatic heterocycles. The normalized spacial score (nSPS) is 24.1. The molecule has 0 aromatic rings. The molecule has 0 radical (unpaired) electrons. The lowest BCUT2D eigenvalue weighted by molar-refractivity contribution is -0.259. The molecule has 0 amide bonds. The third-order valence-electron chi connectivity index (χ3n) is 8.24. The van der Waals surface area contributed by atoms with Crippen LogP contribution in [0.4, 0.5) is 0 Å². The largest absolute Gasteiger partial charge is 0.462 e. The van der Waals surface area contributed by atoms with Crippen molar-refractivity contribution in [2.45, 2.75) is 180 Å². The average Bonchev–Trinajstić information content (AvgIpc) is 2.73. The summed E-state index contributed by atoms with van der Waals surface area (Å²) in [5.41, 5.74) is -0.918. The number of carbonyl (C=O) groups excluding carboxylic acids is 2. The number of hydroxylamine groups is 2. The fraction of sp³-hybridized carbons (Fsp3) is 0.935. The molecule has 2 fully saturated rings. The van der Waals surface area contributed by atoms with Gasteiger partial charge in [-0.15, -0.1) is 0 Å². The molecule has 38 heavy (non-hydrogen) atoms. The van der Waals surface area contributed by atoms with Crippen LogP contribution < -0.4 is 5.32 Å². The summed E-state index contributed by atoms with van der Waals surface area (Å²) in [6.07, 6.45) is 10.9. The number of nitrogens with one attached hydrogen (secondary N) is 1. The smallest absolute Gasteiger partial charge is 0.309 e. The number of hydrogen-bond donors (Lipinski definition) is 2. The van der Waals surface area contributed by atoms with Crippen LogP contribution in [0, 0.1) is 5.92 Å². The minimum atomic E-state index is -0.421. The van der Waals surface area contributed by atoms with Crippen LogP contribution in [0.1, 0.15) is 146 Å². The van der Waals surface area contributed by atoms with E-state index >= 15 is 0 Å². The van der Waals surface area contributed by atoms with Crippen LogP contribution in [0.25, 0.3) is 0 Å². The molecule has 0 aromatic carbocycles. The molecule has 1 atom stereocenters. The lowest BCUT2D eigenvalue weighted by Crippen LogP contribution is -2.60. The summed E-state index contributed by atoms with van der Waals surface area (Å²) in [4.78, 5) is 25.4. The van der Waals surface area contributed by atoms with Crippen LogP contribution in [0.5, 0.6) is 0 Å². The van der Waals surface area contributed by atoms with Gasteiger partial charge in [0.05, 0.1) is 5.92 Å². The molecule has 0 aromatic heterocycles. The third kappa shape index (κ3) is 10.4. The highest BCUT2D eigenvalue weighted by Gasteiger charge is 2.46. The van der Waals surface area contributed by atoms with E-state index in [0.29, 0.717) is 19.3 Å². The average molecular weight is 539 g/mol. The van der Waals surface area contributed by atoms with Crippen molar-refractivity contribution in [1.29, 1.82) is 0 Å². The molecule has 0 aliphatic carbocycles. The van der Waals surface area contributed by atoms with Gasteiger partial charge in [-0.3, -0.25) is 9.59 Å². The van der Waals surface area contributed by atoms with Crippen LogP contribution >= 0.6 is 0 Å². The number of esters is 2. The Hall–Kier alpha value is -1.18. The summed E-state index contributed by atoms with van der Waals surface area (Å²) in [5, 5.41) is 15.5. The van der Waals surface area contributed by atoms with E-state index in [1.54, 1.807) is 0 Å². The summed E-state index contributed by atoms with van der Waals surface area (Å²) in [5.74, 6) is -0.176. The summed E-state index contributed by atoms with van der Waals surface area (Å²) in [7, 11) is 0. The lowest BCUT2D eigenvalue weighted by Gasteiger charge is -2.50. The monoisotopic (exact) mass is 538 g/mol. The molecule has 7 heteroatoms. The molecule has 2 N–H and O–H groups in total. The second kappa shape index (κ2) is 13.5. The molecular formula is C31H58N2O5. The highest BCUT2D eigenvalue weighted by molar-refractivity contribution is 5.72. The minimum Gasteiger partial charge on any atom is -0.462 e. The molecule has 1 unspecified atom stereocenters. The van der Waals surface area contributed by atoms with Gasteiger partial charge in [0, 0.05) is 54.3 Å². The molecule has 7 nitrogen and oxygen atoms in total. The Morgan fingerprint density at radius 2 is 1.29 bits per heavy atom. The summed E-state index contributed by atoms with van der Waals surface area (Å²) >= 11 is 0. The van der Waals surface area contributed by atoms with Crippen molar-refractivity contribution in [3.63, 3.8) is 0 Å². The summed E-state index contributed by atoms with van der Waals surface area (Å²) in [6, 6.07) is 0. The first kappa shape index (κ1) is 33.0. The Labute approximate surface area is 232 Å². The maximum absolute atomic E-state index is 13.0. The van der Waals surface area contributed by atoms with Gasteiger partial charge in [0.25, 0.3) is 0 Å². The number of rotatable bonds is 13. The molecule has 0 saturated carbocycles. The van der Waals surface area contributed by atoms with Crippen LogP contribution in [0.3, 0.4) is 0 Å². The van der Waals surface area contributed by atoms with E-state index in [0.717, 1.165) is 64.2 Å². The SMILES string of the molecule is CCCC(CCCCCCCC(=O)OC1CC(C)(C)N(O)C(C)(C)C1)C(=O)OC1CC(C)(C)NC(C)(C)C1. The molecule has 222 valence electrons. The van der Waals surface area contributed by atoms with Crippen molar-refractivity contribution in [3.8, 4) is 0 Å².